The number of aliphatic hydroxyl groups is 3. The third-order valence-electron chi connectivity index (χ3n) is 14.5. The fourth-order valence-corrected chi connectivity index (χ4v) is 11.0. The Labute approximate surface area is 416 Å². The van der Waals surface area contributed by atoms with Gasteiger partial charge >= 0.3 is 6.09 Å². The molecule has 1 saturated carbocycles. The zero-order valence-electron chi connectivity index (χ0n) is 42.0. The fourth-order valence-electron chi connectivity index (χ4n) is 11.0. The van der Waals surface area contributed by atoms with E-state index in [0.717, 1.165) is 75.3 Å². The second-order valence-electron chi connectivity index (χ2n) is 19.4. The van der Waals surface area contributed by atoms with Crippen LogP contribution >= 0.6 is 0 Å². The van der Waals surface area contributed by atoms with Gasteiger partial charge in [-0.1, -0.05) is 113 Å². The van der Waals surface area contributed by atoms with E-state index in [2.05, 4.69) is 19.6 Å². The minimum atomic E-state index is -1.51. The van der Waals surface area contributed by atoms with Gasteiger partial charge in [-0.25, -0.2) is 9.18 Å². The van der Waals surface area contributed by atoms with Gasteiger partial charge in [0.15, 0.2) is 0 Å². The lowest BCUT2D eigenvalue weighted by Crippen LogP contribution is -2.70. The molecule has 3 N–H and O–H groups in total. The molecular weight excluding hydrogens is 896 g/mol. The molecule has 0 spiro atoms. The first-order valence-corrected chi connectivity index (χ1v) is 26.7. The lowest BCUT2D eigenvalue weighted by Gasteiger charge is -2.59. The van der Waals surface area contributed by atoms with E-state index in [9.17, 15) is 24.5 Å². The Morgan fingerprint density at radius 1 is 0.900 bits per heavy atom. The number of allylic oxidation sites excluding steroid dienone is 1. The zero-order valence-corrected chi connectivity index (χ0v) is 42.0. The predicted octanol–water partition coefficient (Wildman–Crippen LogP) is 10.9. The molecule has 0 aromatic heterocycles. The van der Waals surface area contributed by atoms with Crippen LogP contribution in [-0.4, -0.2) is 110 Å². The predicted molar refractivity (Wildman–Crippen MR) is 268 cm³/mol. The minimum absolute atomic E-state index is 0.0117. The Bertz CT molecular complexity index is 1930. The van der Waals surface area contributed by atoms with Crippen LogP contribution in [0.1, 0.15) is 152 Å². The molecule has 6 rings (SSSR count). The van der Waals surface area contributed by atoms with Gasteiger partial charge in [0.2, 0.25) is 12.1 Å². The van der Waals surface area contributed by atoms with Crippen LogP contribution in [-0.2, 0) is 30.4 Å². The first-order valence-electron chi connectivity index (χ1n) is 26.7. The molecule has 1 amide bonds. The van der Waals surface area contributed by atoms with E-state index in [1.165, 1.54) is 44.6 Å². The number of ether oxygens (including phenoxy) is 6. The Hall–Kier alpha value is -4.05. The van der Waals surface area contributed by atoms with Crippen molar-refractivity contribution in [2.75, 3.05) is 59.4 Å². The number of halogens is 1. The summed E-state index contributed by atoms with van der Waals surface area (Å²) in [6.45, 7) is 7.54. The summed E-state index contributed by atoms with van der Waals surface area (Å²) in [5, 5.41) is 34.7. The van der Waals surface area contributed by atoms with Gasteiger partial charge in [-0.05, 0) is 86.6 Å². The average Bonchev–Trinajstić information content (AvgIpc) is 3.38. The van der Waals surface area contributed by atoms with Gasteiger partial charge in [-0.15, -0.1) is 6.58 Å². The summed E-state index contributed by atoms with van der Waals surface area (Å²) >= 11 is 0. The topological polar surface area (TPSA) is 158 Å². The molecule has 70 heavy (non-hydrogen) atoms. The van der Waals surface area contributed by atoms with Crippen molar-refractivity contribution in [1.82, 2.24) is 4.90 Å². The second kappa shape index (κ2) is 30.1. The number of rotatable bonds is 33. The summed E-state index contributed by atoms with van der Waals surface area (Å²) in [7, 11) is 0. The quantitative estimate of drug-likeness (QED) is 0.0355. The Morgan fingerprint density at radius 2 is 1.66 bits per heavy atom. The van der Waals surface area contributed by atoms with Crippen LogP contribution in [0.2, 0.25) is 0 Å². The van der Waals surface area contributed by atoms with Gasteiger partial charge in [0.05, 0.1) is 51.3 Å². The molecular formula is C56H83FN2O11. The molecule has 4 aliphatic rings. The standard InChI is InChI=1S/C56H83FN2O11/c1-3-5-6-7-8-9-10-11-12-20-35-66-55(63)59(29-36-64-37-32-62)51-40-49(58-70-52-26-17-21-34-65-52)46-38-42(22-15-18-30-60)45(24-16-19-31-61)53-47-39-44(67-41-43-23-13-14-25-48(43)57)27-28-50(47)69-56(51,54(46)53)68-33-4-2/h4,13-14,23,25,27-28,38-39,42,45,51-54,60-62H,2-3,5-12,15-22,24,26,29-37,40-41H2,1H3/t42-,45+,51-,52?,53+,54+,56+/m0/s1. The van der Waals surface area contributed by atoms with Gasteiger partial charge < -0.3 is 48.6 Å². The van der Waals surface area contributed by atoms with Crippen molar-refractivity contribution in [2.24, 2.45) is 22.9 Å². The summed E-state index contributed by atoms with van der Waals surface area (Å²) in [5.74, 6) is -1.58. The lowest BCUT2D eigenvalue weighted by molar-refractivity contribution is -0.256. The Kier molecular flexibility index (Phi) is 23.8. The number of unbranched alkanes of at least 4 members (excludes halogenated alkanes) is 11. The average molecular weight is 979 g/mol. The number of oxime groups is 1. The molecule has 1 saturated heterocycles. The maximum absolute atomic E-state index is 14.9. The van der Waals surface area contributed by atoms with E-state index in [4.69, 9.17) is 38.4 Å². The Balaban J connectivity index is 1.43. The van der Waals surface area contributed by atoms with E-state index in [0.29, 0.717) is 48.6 Å². The number of amides is 1. The summed E-state index contributed by atoms with van der Waals surface area (Å²) in [4.78, 5) is 22.8. The maximum Gasteiger partial charge on any atom is 0.410 e. The van der Waals surface area contributed by atoms with Gasteiger partial charge in [-0.3, -0.25) is 4.90 Å². The highest BCUT2D eigenvalue weighted by Gasteiger charge is 2.65. The molecule has 1 unspecified atom stereocenters. The monoisotopic (exact) mass is 979 g/mol. The number of carbonyl (C=O) groups excluding carboxylic acids is 1. The molecule has 0 bridgehead atoms. The summed E-state index contributed by atoms with van der Waals surface area (Å²) in [6.07, 6.45) is 21.6. The Morgan fingerprint density at radius 3 is 2.37 bits per heavy atom. The fraction of sp³-hybridized carbons (Fsp3) is 0.679. The van der Waals surface area contributed by atoms with Crippen LogP contribution in [0, 0.1) is 23.6 Å². The maximum atomic E-state index is 14.9. The number of hydrogen-bond donors (Lipinski definition) is 3. The van der Waals surface area contributed by atoms with Crippen LogP contribution in [0.5, 0.6) is 11.5 Å². The van der Waals surface area contributed by atoms with Gasteiger partial charge in [0.25, 0.3) is 0 Å². The largest absolute Gasteiger partial charge is 0.489 e. The first-order chi connectivity index (χ1) is 34.4. The molecule has 2 aromatic carbocycles. The van der Waals surface area contributed by atoms with Gasteiger partial charge in [0.1, 0.15) is 30.0 Å². The van der Waals surface area contributed by atoms with Crippen molar-refractivity contribution in [3.8, 4) is 11.5 Å². The van der Waals surface area contributed by atoms with Crippen molar-refractivity contribution >= 4 is 11.8 Å². The molecule has 2 aliphatic carbocycles. The van der Waals surface area contributed by atoms with E-state index in [1.54, 1.807) is 29.2 Å². The van der Waals surface area contributed by atoms with Crippen LogP contribution < -0.4 is 9.47 Å². The van der Waals surface area contributed by atoms with Crippen molar-refractivity contribution in [1.29, 1.82) is 0 Å². The van der Waals surface area contributed by atoms with E-state index in [1.807, 2.05) is 18.2 Å². The summed E-state index contributed by atoms with van der Waals surface area (Å²) < 4.78 is 53.7. The van der Waals surface area contributed by atoms with Crippen LogP contribution in [0.15, 0.2) is 71.9 Å². The highest BCUT2D eigenvalue weighted by molar-refractivity contribution is 6.03. The zero-order chi connectivity index (χ0) is 49.4. The van der Waals surface area contributed by atoms with Crippen molar-refractivity contribution in [2.45, 2.75) is 166 Å². The molecule has 390 valence electrons. The van der Waals surface area contributed by atoms with Crippen LogP contribution in [0.25, 0.3) is 0 Å². The van der Waals surface area contributed by atoms with Crippen molar-refractivity contribution in [3.63, 3.8) is 0 Å². The normalized spacial score (nSPS) is 24.2. The smallest absolute Gasteiger partial charge is 0.410 e. The second-order valence-corrected chi connectivity index (χ2v) is 19.4. The molecule has 7 atom stereocenters. The lowest BCUT2D eigenvalue weighted by atomic mass is 9.55. The number of nitrogens with zero attached hydrogens (tertiary/aromatic N) is 2. The molecule has 2 aliphatic heterocycles. The molecule has 2 aromatic rings. The molecule has 13 nitrogen and oxygen atoms in total. The number of fused-ring (bicyclic) bond motifs is 2. The van der Waals surface area contributed by atoms with Gasteiger partial charge in [0, 0.05) is 49.6 Å². The number of hydrogen-bond acceptors (Lipinski definition) is 12. The summed E-state index contributed by atoms with van der Waals surface area (Å²) in [5.41, 5.74) is 2.87. The molecule has 14 heteroatoms. The molecule has 2 fully saturated rings. The first kappa shape index (κ1) is 55.3. The summed E-state index contributed by atoms with van der Waals surface area (Å²) in [6, 6.07) is 11.5. The minimum Gasteiger partial charge on any atom is -0.489 e. The van der Waals surface area contributed by atoms with E-state index >= 15 is 0 Å². The van der Waals surface area contributed by atoms with Gasteiger partial charge in [-0.2, -0.15) is 0 Å². The highest BCUT2D eigenvalue weighted by Crippen LogP contribution is 2.62. The third kappa shape index (κ3) is 15.2. The third-order valence-corrected chi connectivity index (χ3v) is 14.5. The van der Waals surface area contributed by atoms with Crippen LogP contribution in [0.3, 0.4) is 0 Å². The van der Waals surface area contributed by atoms with Crippen LogP contribution in [0.4, 0.5) is 9.18 Å². The van der Waals surface area contributed by atoms with Crippen molar-refractivity contribution in [3.05, 3.63) is 83.7 Å². The number of aliphatic hydroxyl groups excluding tert-OH is 3. The SMILES string of the molecule is C=CCO[C@@]12Oc3ccc(OCc4ccccc4F)cc3[C@H]3[C@H](CCCCO)[C@@H](CCCCO)C=C(C(=NOC4CCCCO4)C[C@@H]1N(CCOCCO)C(=O)OCCCCCCCCCCCC)[C@H]32. The van der Waals surface area contributed by atoms with E-state index < -0.39 is 30.1 Å². The van der Waals surface area contributed by atoms with E-state index in [-0.39, 0.29) is 89.4 Å². The molecule has 2 heterocycles. The number of benzene rings is 2. The highest BCUT2D eigenvalue weighted by atomic mass is 19.1. The number of carbonyl (C=O) groups is 1. The van der Waals surface area contributed by atoms with Crippen molar-refractivity contribution < 1.29 is 57.8 Å². The molecule has 0 radical (unpaired) electrons.